The van der Waals surface area contributed by atoms with Gasteiger partial charge in [-0.05, 0) is 72.7 Å². The first-order chi connectivity index (χ1) is 14.5. The molecule has 0 aromatic heterocycles. The van der Waals surface area contributed by atoms with Gasteiger partial charge in [-0.15, -0.1) is 0 Å². The Hall–Kier alpha value is -3.44. The summed E-state index contributed by atoms with van der Waals surface area (Å²) in [4.78, 5) is 19.5. The molecule has 0 bridgehead atoms. The molecule has 0 fully saturated rings. The number of hydrogen-bond acceptors (Lipinski definition) is 3. The highest BCUT2D eigenvalue weighted by atomic mass is 35.5. The molecule has 0 radical (unpaired) electrons. The quantitative estimate of drug-likeness (QED) is 0.513. The molecule has 0 spiro atoms. The first-order valence-electron chi connectivity index (χ1n) is 9.28. The van der Waals surface area contributed by atoms with Gasteiger partial charge in [-0.3, -0.25) is 9.69 Å². The summed E-state index contributed by atoms with van der Waals surface area (Å²) in [5.74, 6) is 0.571. The van der Waals surface area contributed by atoms with Crippen LogP contribution in [0.25, 0.3) is 6.08 Å². The average Bonchev–Trinajstić information content (AvgIpc) is 3.08. The predicted octanol–water partition coefficient (Wildman–Crippen LogP) is 5.63. The summed E-state index contributed by atoms with van der Waals surface area (Å²) in [6, 6.07) is 18.6. The van der Waals surface area contributed by atoms with Gasteiger partial charge in [0.25, 0.3) is 5.91 Å². The van der Waals surface area contributed by atoms with E-state index < -0.39 is 0 Å². The highest BCUT2D eigenvalue weighted by Gasteiger charge is 2.33. The van der Waals surface area contributed by atoms with Crippen LogP contribution in [0.5, 0.6) is 5.75 Å². The van der Waals surface area contributed by atoms with Crippen LogP contribution in [0.2, 0.25) is 5.02 Å². The van der Waals surface area contributed by atoms with Crippen molar-refractivity contribution in [3.63, 3.8) is 0 Å². The molecule has 1 amide bonds. The predicted molar refractivity (Wildman–Crippen MR) is 118 cm³/mol. The van der Waals surface area contributed by atoms with Crippen LogP contribution in [-0.4, -0.2) is 18.9 Å². The molecule has 3 aromatic carbocycles. The van der Waals surface area contributed by atoms with E-state index in [1.165, 1.54) is 12.1 Å². The van der Waals surface area contributed by atoms with E-state index in [9.17, 15) is 9.18 Å². The number of methoxy groups -OCH3 is 1. The third-order valence-corrected chi connectivity index (χ3v) is 5.27. The number of anilines is 1. The minimum Gasteiger partial charge on any atom is -0.497 e. The van der Waals surface area contributed by atoms with Gasteiger partial charge < -0.3 is 4.74 Å². The Morgan fingerprint density at radius 2 is 1.73 bits per heavy atom. The summed E-state index contributed by atoms with van der Waals surface area (Å²) >= 11 is 6.31. The smallest absolute Gasteiger partial charge is 0.282 e. The zero-order chi connectivity index (χ0) is 21.3. The topological polar surface area (TPSA) is 41.9 Å². The van der Waals surface area contributed by atoms with E-state index in [4.69, 9.17) is 16.3 Å². The fourth-order valence-electron chi connectivity index (χ4n) is 3.23. The van der Waals surface area contributed by atoms with Crippen molar-refractivity contribution in [3.05, 3.63) is 100.0 Å². The van der Waals surface area contributed by atoms with E-state index in [1.807, 2.05) is 37.3 Å². The monoisotopic (exact) mass is 420 g/mol. The number of carbonyl (C=O) groups is 1. The van der Waals surface area contributed by atoms with Gasteiger partial charge in [-0.25, -0.2) is 9.38 Å². The number of benzene rings is 3. The van der Waals surface area contributed by atoms with E-state index in [-0.39, 0.29) is 17.4 Å². The Kier molecular flexibility index (Phi) is 5.38. The first kappa shape index (κ1) is 19.9. The second kappa shape index (κ2) is 8.13. The molecule has 1 aliphatic heterocycles. The van der Waals surface area contributed by atoms with E-state index >= 15 is 0 Å². The summed E-state index contributed by atoms with van der Waals surface area (Å²) in [6.07, 6.45) is 1.64. The minimum absolute atomic E-state index is 0.256. The molecule has 1 heterocycles. The number of halogens is 2. The molecule has 0 unspecified atom stereocenters. The van der Waals surface area contributed by atoms with E-state index in [0.29, 0.717) is 27.9 Å². The molecular weight excluding hydrogens is 403 g/mol. The average molecular weight is 421 g/mol. The summed E-state index contributed by atoms with van der Waals surface area (Å²) < 4.78 is 18.5. The number of nitrogens with zero attached hydrogens (tertiary/aromatic N) is 2. The number of amidine groups is 1. The van der Waals surface area contributed by atoms with Crippen LogP contribution in [0.15, 0.2) is 77.4 Å². The van der Waals surface area contributed by atoms with E-state index in [2.05, 4.69) is 4.99 Å². The minimum atomic E-state index is -0.339. The maximum Gasteiger partial charge on any atom is 0.282 e. The first-order valence-corrected chi connectivity index (χ1v) is 9.65. The number of carbonyl (C=O) groups excluding carboxylic acids is 1. The summed E-state index contributed by atoms with van der Waals surface area (Å²) in [7, 11) is 1.59. The second-order valence-corrected chi connectivity index (χ2v) is 7.18. The van der Waals surface area contributed by atoms with Crippen molar-refractivity contribution < 1.29 is 13.9 Å². The van der Waals surface area contributed by atoms with Crippen LogP contribution >= 0.6 is 11.6 Å². The highest BCUT2D eigenvalue weighted by Crippen LogP contribution is 2.33. The van der Waals surface area contributed by atoms with Crippen LogP contribution in [0, 0.1) is 12.7 Å². The third-order valence-electron chi connectivity index (χ3n) is 4.86. The van der Waals surface area contributed by atoms with Gasteiger partial charge in [-0.2, -0.15) is 0 Å². The van der Waals surface area contributed by atoms with Crippen molar-refractivity contribution in [2.75, 3.05) is 12.0 Å². The van der Waals surface area contributed by atoms with Crippen molar-refractivity contribution in [2.24, 2.45) is 4.99 Å². The lowest BCUT2D eigenvalue weighted by atomic mass is 10.1. The molecule has 30 heavy (non-hydrogen) atoms. The summed E-state index contributed by atoms with van der Waals surface area (Å²) in [6.45, 7) is 1.86. The molecule has 0 saturated carbocycles. The lowest BCUT2D eigenvalue weighted by Crippen LogP contribution is -2.33. The third kappa shape index (κ3) is 3.72. The van der Waals surface area contributed by atoms with Crippen LogP contribution < -0.4 is 9.64 Å². The molecule has 4 nitrogen and oxygen atoms in total. The molecule has 0 N–H and O–H groups in total. The van der Waals surface area contributed by atoms with Gasteiger partial charge in [0, 0.05) is 10.6 Å². The number of aliphatic imine (C=N–C) groups is 1. The lowest BCUT2D eigenvalue weighted by molar-refractivity contribution is -0.113. The Bertz CT molecular complexity index is 1170. The van der Waals surface area contributed by atoms with Gasteiger partial charge in [0.15, 0.2) is 0 Å². The Morgan fingerprint density at radius 1 is 1.03 bits per heavy atom. The molecule has 4 rings (SSSR count). The highest BCUT2D eigenvalue weighted by molar-refractivity contribution is 6.35. The maximum atomic E-state index is 13.3. The van der Waals surface area contributed by atoms with Gasteiger partial charge >= 0.3 is 0 Å². The largest absolute Gasteiger partial charge is 0.497 e. The lowest BCUT2D eigenvalue weighted by Gasteiger charge is -2.21. The van der Waals surface area contributed by atoms with E-state index in [1.54, 1.807) is 42.4 Å². The van der Waals surface area contributed by atoms with Crippen molar-refractivity contribution in [1.29, 1.82) is 0 Å². The molecule has 1 aliphatic rings. The molecule has 0 aliphatic carbocycles. The van der Waals surface area contributed by atoms with Crippen molar-refractivity contribution in [3.8, 4) is 5.75 Å². The number of amides is 1. The van der Waals surface area contributed by atoms with E-state index in [0.717, 1.165) is 11.1 Å². The van der Waals surface area contributed by atoms with Gasteiger partial charge in [0.05, 0.1) is 12.8 Å². The summed E-state index contributed by atoms with van der Waals surface area (Å²) in [5.41, 5.74) is 3.13. The van der Waals surface area contributed by atoms with Crippen molar-refractivity contribution >= 4 is 35.1 Å². The summed E-state index contributed by atoms with van der Waals surface area (Å²) in [5, 5.41) is 0.561. The van der Waals surface area contributed by atoms with Crippen LogP contribution in [0.4, 0.5) is 10.1 Å². The van der Waals surface area contributed by atoms with Crippen molar-refractivity contribution in [1.82, 2.24) is 0 Å². The van der Waals surface area contributed by atoms with Gasteiger partial charge in [0.1, 0.15) is 23.1 Å². The molecule has 150 valence electrons. The van der Waals surface area contributed by atoms with Crippen molar-refractivity contribution in [2.45, 2.75) is 6.92 Å². The molecule has 0 atom stereocenters. The van der Waals surface area contributed by atoms with Gasteiger partial charge in [0.2, 0.25) is 0 Å². The van der Waals surface area contributed by atoms with Crippen LogP contribution in [0.1, 0.15) is 16.7 Å². The zero-order valence-electron chi connectivity index (χ0n) is 16.4. The molecule has 0 saturated heterocycles. The number of ether oxygens (including phenoxy) is 1. The zero-order valence-corrected chi connectivity index (χ0v) is 17.2. The maximum absolute atomic E-state index is 13.3. The molecule has 3 aromatic rings. The SMILES string of the molecule is COc1ccc(C2=N/C(=C/c3ccc(F)cc3)C(=O)N2c2cccc(Cl)c2C)cc1. The fraction of sp³-hybridized carbons (Fsp3) is 0.0833. The normalized spacial score (nSPS) is 14.9. The standard InChI is InChI=1S/C24H18ClFN2O2/c1-15-20(25)4-3-5-22(15)28-23(17-8-12-19(30-2)13-9-17)27-21(24(28)29)14-16-6-10-18(26)11-7-16/h3-14H,1-2H3/b21-14+. The second-order valence-electron chi connectivity index (χ2n) is 6.77. The number of rotatable bonds is 4. The fourth-order valence-corrected chi connectivity index (χ4v) is 3.40. The van der Waals surface area contributed by atoms with Crippen LogP contribution in [-0.2, 0) is 4.79 Å². The van der Waals surface area contributed by atoms with Gasteiger partial charge in [-0.1, -0.05) is 29.8 Å². The Morgan fingerprint density at radius 3 is 2.40 bits per heavy atom. The Balaban J connectivity index is 1.84. The van der Waals surface area contributed by atoms with Crippen LogP contribution in [0.3, 0.4) is 0 Å². The molecular formula is C24H18ClFN2O2. The molecule has 6 heteroatoms. The number of hydrogen-bond donors (Lipinski definition) is 0. The Labute approximate surface area is 178 Å².